The summed E-state index contributed by atoms with van der Waals surface area (Å²) >= 11 is 1.57. The van der Waals surface area contributed by atoms with Crippen LogP contribution in [-0.4, -0.2) is 53.5 Å². The highest BCUT2D eigenvalue weighted by molar-refractivity contribution is 7.10. The standard InChI is InChI=1S/C15H18N2O3S.ClH/c18-12(14-4-2-10-21-14)11-16-5-7-17(8-6-16)15(19)13-3-1-9-20-13;/h1-4,9-10,12,18H,5-8,11H2;1H. The maximum atomic E-state index is 12.1. The molecule has 0 saturated carbocycles. The Bertz CT molecular complexity index is 566. The summed E-state index contributed by atoms with van der Waals surface area (Å²) in [5, 5.41) is 12.1. The summed E-state index contributed by atoms with van der Waals surface area (Å²) in [5.74, 6) is 0.334. The summed E-state index contributed by atoms with van der Waals surface area (Å²) in [6.45, 7) is 3.49. The molecule has 1 aliphatic heterocycles. The average Bonchev–Trinajstić information content (AvgIpc) is 3.20. The zero-order valence-corrected chi connectivity index (χ0v) is 13.7. The molecule has 1 unspecified atom stereocenters. The van der Waals surface area contributed by atoms with Crippen molar-refractivity contribution >= 4 is 29.7 Å². The highest BCUT2D eigenvalue weighted by Gasteiger charge is 2.25. The Morgan fingerprint density at radius 3 is 2.64 bits per heavy atom. The minimum Gasteiger partial charge on any atom is -0.459 e. The van der Waals surface area contributed by atoms with E-state index in [4.69, 9.17) is 4.42 Å². The first-order chi connectivity index (χ1) is 10.2. The van der Waals surface area contributed by atoms with E-state index in [1.807, 2.05) is 17.5 Å². The number of nitrogens with zero attached hydrogens (tertiary/aromatic N) is 2. The molecule has 2 aromatic rings. The van der Waals surface area contributed by atoms with E-state index >= 15 is 0 Å². The van der Waals surface area contributed by atoms with Crippen LogP contribution in [0.15, 0.2) is 40.3 Å². The number of piperazine rings is 1. The Balaban J connectivity index is 0.00000176. The van der Waals surface area contributed by atoms with E-state index in [1.54, 1.807) is 28.4 Å². The van der Waals surface area contributed by atoms with E-state index in [0.717, 1.165) is 18.0 Å². The molecule has 1 aliphatic rings. The van der Waals surface area contributed by atoms with Gasteiger partial charge in [-0.2, -0.15) is 0 Å². The Labute approximate surface area is 139 Å². The number of carbonyl (C=O) groups is 1. The van der Waals surface area contributed by atoms with E-state index in [-0.39, 0.29) is 18.3 Å². The third-order valence-corrected chi connectivity index (χ3v) is 4.67. The number of furan rings is 1. The highest BCUT2D eigenvalue weighted by atomic mass is 35.5. The van der Waals surface area contributed by atoms with Crippen molar-refractivity contribution in [3.63, 3.8) is 0 Å². The van der Waals surface area contributed by atoms with Gasteiger partial charge < -0.3 is 14.4 Å². The van der Waals surface area contributed by atoms with Crippen LogP contribution < -0.4 is 0 Å². The fraction of sp³-hybridized carbons (Fsp3) is 0.400. The van der Waals surface area contributed by atoms with E-state index in [0.29, 0.717) is 25.4 Å². The molecule has 0 aromatic carbocycles. The van der Waals surface area contributed by atoms with Gasteiger partial charge in [0.05, 0.1) is 6.26 Å². The first kappa shape index (κ1) is 17.0. The summed E-state index contributed by atoms with van der Waals surface area (Å²) < 4.78 is 5.15. The maximum absolute atomic E-state index is 12.1. The number of β-amino-alcohol motifs (C(OH)–C–C–N with tert-alkyl or cyclic N) is 1. The van der Waals surface area contributed by atoms with Gasteiger partial charge in [0.15, 0.2) is 5.76 Å². The number of hydrogen-bond acceptors (Lipinski definition) is 5. The minimum absolute atomic E-state index is 0. The lowest BCUT2D eigenvalue weighted by molar-refractivity contribution is 0.0508. The molecule has 1 amide bonds. The Hall–Kier alpha value is -1.34. The number of thiophene rings is 1. The zero-order chi connectivity index (χ0) is 14.7. The molecule has 0 radical (unpaired) electrons. The van der Waals surface area contributed by atoms with Gasteiger partial charge in [0.25, 0.3) is 5.91 Å². The maximum Gasteiger partial charge on any atom is 0.289 e. The second-order valence-corrected chi connectivity index (χ2v) is 6.08. The predicted molar refractivity (Wildman–Crippen MR) is 87.6 cm³/mol. The Kier molecular flexibility index (Phi) is 6.02. The van der Waals surface area contributed by atoms with Gasteiger partial charge in [-0.05, 0) is 23.6 Å². The molecule has 3 heterocycles. The van der Waals surface area contributed by atoms with Crippen molar-refractivity contribution in [1.29, 1.82) is 0 Å². The van der Waals surface area contributed by atoms with E-state index in [9.17, 15) is 9.90 Å². The number of amides is 1. The molecule has 120 valence electrons. The van der Waals surface area contributed by atoms with E-state index in [1.165, 1.54) is 6.26 Å². The van der Waals surface area contributed by atoms with Crippen LogP contribution >= 0.6 is 23.7 Å². The summed E-state index contributed by atoms with van der Waals surface area (Å²) in [5.41, 5.74) is 0. The fourth-order valence-corrected chi connectivity index (χ4v) is 3.21. The number of rotatable bonds is 4. The molecule has 7 heteroatoms. The second kappa shape index (κ2) is 7.78. The molecule has 0 bridgehead atoms. The zero-order valence-electron chi connectivity index (χ0n) is 12.1. The molecule has 0 aliphatic carbocycles. The summed E-state index contributed by atoms with van der Waals surface area (Å²) in [4.78, 5) is 17.1. The molecule has 1 saturated heterocycles. The molecule has 5 nitrogen and oxygen atoms in total. The minimum atomic E-state index is -0.447. The lowest BCUT2D eigenvalue weighted by Crippen LogP contribution is -2.49. The predicted octanol–water partition coefficient (Wildman–Crippen LogP) is 2.25. The van der Waals surface area contributed by atoms with Gasteiger partial charge in [-0.3, -0.25) is 9.69 Å². The van der Waals surface area contributed by atoms with Crippen LogP contribution in [0.2, 0.25) is 0 Å². The molecule has 22 heavy (non-hydrogen) atoms. The number of aliphatic hydroxyl groups excluding tert-OH is 1. The van der Waals surface area contributed by atoms with Gasteiger partial charge in [-0.1, -0.05) is 6.07 Å². The number of halogens is 1. The summed E-state index contributed by atoms with van der Waals surface area (Å²) in [6.07, 6.45) is 1.07. The first-order valence-corrected chi connectivity index (χ1v) is 7.88. The fourth-order valence-electron chi connectivity index (χ4n) is 2.51. The second-order valence-electron chi connectivity index (χ2n) is 5.10. The van der Waals surface area contributed by atoms with Crippen molar-refractivity contribution < 1.29 is 14.3 Å². The van der Waals surface area contributed by atoms with Crippen LogP contribution in [-0.2, 0) is 0 Å². The molecule has 1 atom stereocenters. The largest absolute Gasteiger partial charge is 0.459 e. The van der Waals surface area contributed by atoms with Crippen LogP contribution in [0.1, 0.15) is 21.5 Å². The average molecular weight is 343 g/mol. The lowest BCUT2D eigenvalue weighted by atomic mass is 10.2. The van der Waals surface area contributed by atoms with Gasteiger partial charge in [0, 0.05) is 37.6 Å². The van der Waals surface area contributed by atoms with Crippen molar-refractivity contribution in [1.82, 2.24) is 9.80 Å². The Morgan fingerprint density at radius 2 is 2.05 bits per heavy atom. The quantitative estimate of drug-likeness (QED) is 0.926. The highest BCUT2D eigenvalue weighted by Crippen LogP contribution is 2.20. The van der Waals surface area contributed by atoms with Crippen molar-refractivity contribution in [2.75, 3.05) is 32.7 Å². The number of hydrogen-bond donors (Lipinski definition) is 1. The molecular weight excluding hydrogens is 324 g/mol. The molecule has 1 N–H and O–H groups in total. The van der Waals surface area contributed by atoms with Gasteiger partial charge >= 0.3 is 0 Å². The van der Waals surface area contributed by atoms with E-state index < -0.39 is 6.10 Å². The molecular formula is C15H19ClN2O3S. The van der Waals surface area contributed by atoms with Gasteiger partial charge in [-0.25, -0.2) is 0 Å². The van der Waals surface area contributed by atoms with Crippen molar-refractivity contribution in [2.24, 2.45) is 0 Å². The lowest BCUT2D eigenvalue weighted by Gasteiger charge is -2.35. The normalized spacial score (nSPS) is 17.0. The SMILES string of the molecule is Cl.O=C(c1ccco1)N1CCN(CC(O)c2cccs2)CC1. The van der Waals surface area contributed by atoms with E-state index in [2.05, 4.69) is 4.90 Å². The first-order valence-electron chi connectivity index (χ1n) is 7.00. The molecule has 2 aromatic heterocycles. The van der Waals surface area contributed by atoms with Crippen LogP contribution in [0.4, 0.5) is 0 Å². The summed E-state index contributed by atoms with van der Waals surface area (Å²) in [7, 11) is 0. The monoisotopic (exact) mass is 342 g/mol. The van der Waals surface area contributed by atoms with Crippen LogP contribution in [0.3, 0.4) is 0 Å². The van der Waals surface area contributed by atoms with Crippen molar-refractivity contribution in [3.05, 3.63) is 46.5 Å². The van der Waals surface area contributed by atoms with Crippen molar-refractivity contribution in [3.8, 4) is 0 Å². The van der Waals surface area contributed by atoms with Gasteiger partial charge in [0.1, 0.15) is 6.10 Å². The van der Waals surface area contributed by atoms with Crippen LogP contribution in [0.5, 0.6) is 0 Å². The van der Waals surface area contributed by atoms with Crippen LogP contribution in [0.25, 0.3) is 0 Å². The molecule has 1 fully saturated rings. The summed E-state index contributed by atoms with van der Waals surface area (Å²) in [6, 6.07) is 7.31. The third kappa shape index (κ3) is 3.89. The third-order valence-electron chi connectivity index (χ3n) is 3.69. The number of carbonyl (C=O) groups excluding carboxylic acids is 1. The Morgan fingerprint density at radius 1 is 1.27 bits per heavy atom. The number of aliphatic hydroxyl groups is 1. The molecule has 3 rings (SSSR count). The topological polar surface area (TPSA) is 56.9 Å². The van der Waals surface area contributed by atoms with Crippen molar-refractivity contribution in [2.45, 2.75) is 6.10 Å². The van der Waals surface area contributed by atoms with Crippen LogP contribution in [0, 0.1) is 0 Å². The smallest absolute Gasteiger partial charge is 0.289 e. The molecule has 0 spiro atoms. The van der Waals surface area contributed by atoms with Gasteiger partial charge in [0.2, 0.25) is 0 Å². The van der Waals surface area contributed by atoms with Gasteiger partial charge in [-0.15, -0.1) is 23.7 Å².